The molecule has 164 valence electrons. The van der Waals surface area contributed by atoms with E-state index in [0.717, 1.165) is 30.2 Å². The summed E-state index contributed by atoms with van der Waals surface area (Å²) in [5.41, 5.74) is -0.0915. The molecule has 1 aliphatic rings. The summed E-state index contributed by atoms with van der Waals surface area (Å²) in [6, 6.07) is 1.72. The van der Waals surface area contributed by atoms with Gasteiger partial charge in [0.25, 0.3) is 5.56 Å². The third-order valence-electron chi connectivity index (χ3n) is 4.06. The van der Waals surface area contributed by atoms with E-state index in [-0.39, 0.29) is 23.6 Å². The number of nitrogens with one attached hydrogen (secondary N) is 2. The van der Waals surface area contributed by atoms with Crippen LogP contribution >= 0.6 is 15.9 Å². The molecule has 1 aromatic heterocycles. The Kier molecular flexibility index (Phi) is 9.63. The molecule has 0 bridgehead atoms. The van der Waals surface area contributed by atoms with Crippen LogP contribution in [0.1, 0.15) is 25.7 Å². The summed E-state index contributed by atoms with van der Waals surface area (Å²) in [4.78, 5) is 32.1. The van der Waals surface area contributed by atoms with Crippen LogP contribution in [0.4, 0.5) is 13.2 Å². The highest BCUT2D eigenvalue weighted by Gasteiger charge is 2.38. The van der Waals surface area contributed by atoms with Crippen LogP contribution in [0, 0.1) is 0 Å². The van der Waals surface area contributed by atoms with Gasteiger partial charge in [-0.1, -0.05) is 0 Å². The summed E-state index contributed by atoms with van der Waals surface area (Å²) < 4.78 is 40.0. The van der Waals surface area contributed by atoms with Crippen LogP contribution in [0.3, 0.4) is 0 Å². The van der Waals surface area contributed by atoms with Crippen molar-refractivity contribution >= 4 is 27.8 Å². The van der Waals surface area contributed by atoms with Gasteiger partial charge in [-0.05, 0) is 48.7 Å². The van der Waals surface area contributed by atoms with E-state index in [1.165, 1.54) is 10.6 Å². The van der Waals surface area contributed by atoms with Crippen molar-refractivity contribution in [2.24, 2.45) is 7.05 Å². The molecule has 1 aromatic rings. The van der Waals surface area contributed by atoms with Gasteiger partial charge < -0.3 is 25.0 Å². The van der Waals surface area contributed by atoms with Gasteiger partial charge in [-0.2, -0.15) is 13.2 Å². The second kappa shape index (κ2) is 11.2. The largest absolute Gasteiger partial charge is 0.490 e. The summed E-state index contributed by atoms with van der Waals surface area (Å²) >= 11 is 3.42. The van der Waals surface area contributed by atoms with E-state index < -0.39 is 12.1 Å². The average Bonchev–Trinajstić information content (AvgIpc) is 2.61. The summed E-state index contributed by atoms with van der Waals surface area (Å²) in [5.74, 6) is -2.14. The highest BCUT2D eigenvalue weighted by atomic mass is 79.9. The summed E-state index contributed by atoms with van der Waals surface area (Å²) in [6.07, 6.45) is 0.228. The van der Waals surface area contributed by atoms with Crippen LogP contribution in [-0.2, 0) is 16.6 Å². The normalized spacial score (nSPS) is 19.0. The van der Waals surface area contributed by atoms with E-state index in [2.05, 4.69) is 26.6 Å². The molecule has 12 heteroatoms. The summed E-state index contributed by atoms with van der Waals surface area (Å²) in [5, 5.41) is 13.0. The molecule has 0 aromatic carbocycles. The molecule has 1 heterocycles. The monoisotopic (exact) mass is 485 g/mol. The van der Waals surface area contributed by atoms with Crippen LogP contribution in [0.15, 0.2) is 21.5 Å². The second-order valence-corrected chi connectivity index (χ2v) is 7.28. The number of ether oxygens (including phenoxy) is 1. The molecule has 0 atom stereocenters. The van der Waals surface area contributed by atoms with Gasteiger partial charge in [0.05, 0.1) is 17.1 Å². The molecular weight excluding hydrogens is 463 g/mol. The molecule has 29 heavy (non-hydrogen) atoms. The van der Waals surface area contributed by atoms with E-state index in [9.17, 15) is 22.8 Å². The fraction of sp³-hybridized carbons (Fsp3) is 0.588. The molecule has 0 unspecified atom stereocenters. The quantitative estimate of drug-likeness (QED) is 0.586. The third-order valence-corrected chi connectivity index (χ3v) is 4.65. The Morgan fingerprint density at radius 3 is 2.34 bits per heavy atom. The van der Waals surface area contributed by atoms with Gasteiger partial charge >= 0.3 is 12.1 Å². The highest BCUT2D eigenvalue weighted by Crippen LogP contribution is 2.28. The molecule has 0 saturated heterocycles. The van der Waals surface area contributed by atoms with E-state index >= 15 is 0 Å². The van der Waals surface area contributed by atoms with Crippen LogP contribution in [0.25, 0.3) is 0 Å². The van der Waals surface area contributed by atoms with Gasteiger partial charge in [0, 0.05) is 25.4 Å². The lowest BCUT2D eigenvalue weighted by molar-refractivity contribution is -0.192. The first-order chi connectivity index (χ1) is 13.4. The number of carbonyl (C=O) groups excluding carboxylic acids is 1. The molecule has 2 rings (SSSR count). The second-order valence-electron chi connectivity index (χ2n) is 6.43. The van der Waals surface area contributed by atoms with E-state index in [1.807, 2.05) is 0 Å². The van der Waals surface area contributed by atoms with Crippen molar-refractivity contribution in [3.63, 3.8) is 0 Å². The Morgan fingerprint density at radius 1 is 1.31 bits per heavy atom. The van der Waals surface area contributed by atoms with Crippen molar-refractivity contribution in [1.82, 2.24) is 15.2 Å². The van der Waals surface area contributed by atoms with Gasteiger partial charge in [0.15, 0.2) is 0 Å². The molecule has 0 radical (unpaired) electrons. The Bertz CT molecular complexity index is 762. The maximum absolute atomic E-state index is 11.7. The van der Waals surface area contributed by atoms with Crippen molar-refractivity contribution in [3.05, 3.63) is 27.1 Å². The van der Waals surface area contributed by atoms with Crippen LogP contribution in [0.2, 0.25) is 0 Å². The van der Waals surface area contributed by atoms with Crippen molar-refractivity contribution in [2.75, 3.05) is 13.6 Å². The standard InChI is InChI=1S/C15H22BrN3O3.C2HF3O2/c1-17-8-14(20)18-10-3-5-11(6-4-10)22-13-7-15(21)19(2)9-12(13)16;3-2(4,5)1(6)7/h7,9-11,17H,3-6,8H2,1-2H3,(H,18,20);(H,6,7). The highest BCUT2D eigenvalue weighted by molar-refractivity contribution is 9.10. The van der Waals surface area contributed by atoms with Crippen LogP contribution in [-0.4, -0.2) is 53.5 Å². The van der Waals surface area contributed by atoms with Gasteiger partial charge in [-0.15, -0.1) is 0 Å². The third kappa shape index (κ3) is 8.86. The number of carbonyl (C=O) groups is 2. The first-order valence-corrected chi connectivity index (χ1v) is 9.50. The fourth-order valence-electron chi connectivity index (χ4n) is 2.61. The number of halogens is 4. The van der Waals surface area contributed by atoms with E-state index in [1.54, 1.807) is 20.3 Å². The number of hydrogen-bond donors (Lipinski definition) is 3. The number of nitrogens with zero attached hydrogens (tertiary/aromatic N) is 1. The molecular formula is C17H23BrF3N3O5. The molecule has 3 N–H and O–H groups in total. The molecule has 8 nitrogen and oxygen atoms in total. The minimum absolute atomic E-state index is 0.0289. The number of pyridine rings is 1. The first kappa shape index (κ1) is 25.0. The zero-order chi connectivity index (χ0) is 22.2. The summed E-state index contributed by atoms with van der Waals surface area (Å²) in [7, 11) is 3.46. The topological polar surface area (TPSA) is 110 Å². The molecule has 1 amide bonds. The lowest BCUT2D eigenvalue weighted by Gasteiger charge is -2.29. The number of alkyl halides is 3. The van der Waals surface area contributed by atoms with E-state index in [4.69, 9.17) is 14.6 Å². The Labute approximate surface area is 173 Å². The lowest BCUT2D eigenvalue weighted by Crippen LogP contribution is -2.42. The molecule has 1 fully saturated rings. The summed E-state index contributed by atoms with van der Waals surface area (Å²) in [6.45, 7) is 0.344. The fourth-order valence-corrected chi connectivity index (χ4v) is 3.13. The van der Waals surface area contributed by atoms with Crippen molar-refractivity contribution < 1.29 is 32.6 Å². The number of carboxylic acid groups (broad SMARTS) is 1. The molecule has 0 spiro atoms. The Balaban J connectivity index is 0.000000516. The van der Waals surface area contributed by atoms with Crippen molar-refractivity contribution in [3.8, 4) is 5.75 Å². The number of hydrogen-bond acceptors (Lipinski definition) is 5. The predicted molar refractivity (Wildman–Crippen MR) is 102 cm³/mol. The number of likely N-dealkylation sites (N-methyl/N-ethyl adjacent to an activating group) is 1. The van der Waals surface area contributed by atoms with Gasteiger partial charge in [0.1, 0.15) is 5.75 Å². The van der Waals surface area contributed by atoms with Crippen LogP contribution in [0.5, 0.6) is 5.75 Å². The van der Waals surface area contributed by atoms with E-state index in [0.29, 0.717) is 12.3 Å². The van der Waals surface area contributed by atoms with Crippen molar-refractivity contribution in [2.45, 2.75) is 44.0 Å². The molecule has 1 aliphatic carbocycles. The van der Waals surface area contributed by atoms with Gasteiger partial charge in [0.2, 0.25) is 5.91 Å². The maximum Gasteiger partial charge on any atom is 0.490 e. The number of aliphatic carboxylic acids is 1. The smallest absolute Gasteiger partial charge is 0.489 e. The Hall–Kier alpha value is -2.08. The van der Waals surface area contributed by atoms with Gasteiger partial charge in [-0.25, -0.2) is 4.79 Å². The number of amides is 1. The maximum atomic E-state index is 11.7. The first-order valence-electron chi connectivity index (χ1n) is 8.71. The minimum atomic E-state index is -5.08. The number of aryl methyl sites for hydroxylation is 1. The van der Waals surface area contributed by atoms with Gasteiger partial charge in [-0.3, -0.25) is 9.59 Å². The number of aromatic nitrogens is 1. The SMILES string of the molecule is CNCC(=O)NC1CCC(Oc2cc(=O)n(C)cc2Br)CC1.O=C(O)C(F)(F)F. The zero-order valence-corrected chi connectivity index (χ0v) is 17.5. The zero-order valence-electron chi connectivity index (χ0n) is 15.9. The number of carboxylic acids is 1. The van der Waals surface area contributed by atoms with Crippen LogP contribution < -0.4 is 20.9 Å². The minimum Gasteiger partial charge on any atom is -0.489 e. The molecule has 0 aliphatic heterocycles. The predicted octanol–water partition coefficient (Wildman–Crippen LogP) is 1.81. The number of rotatable bonds is 5. The lowest BCUT2D eigenvalue weighted by atomic mass is 9.93. The average molecular weight is 486 g/mol. The Morgan fingerprint density at radius 2 is 1.86 bits per heavy atom. The van der Waals surface area contributed by atoms with Crippen molar-refractivity contribution in [1.29, 1.82) is 0 Å². The molecule has 1 saturated carbocycles.